The second-order valence-electron chi connectivity index (χ2n) is 3.28. The Balaban J connectivity index is 2.23. The summed E-state index contributed by atoms with van der Waals surface area (Å²) in [6, 6.07) is 13.4. The molecule has 1 radical (unpaired) electrons. The molecular weight excluding hydrogens is 202 g/mol. The van der Waals surface area contributed by atoms with Gasteiger partial charge in [0.25, 0.3) is 0 Å². The van der Waals surface area contributed by atoms with E-state index in [1.54, 1.807) is 43.3 Å². The van der Waals surface area contributed by atoms with Crippen molar-refractivity contribution in [1.29, 1.82) is 0 Å². The number of aromatic nitrogens is 1. The Bertz CT molecular complexity index is 495. The number of aryl methyl sites for hydroxylation is 1. The van der Waals surface area contributed by atoms with E-state index in [4.69, 9.17) is 4.74 Å². The maximum atomic E-state index is 10.6. The first-order valence-electron chi connectivity index (χ1n) is 4.86. The van der Waals surface area contributed by atoms with Crippen molar-refractivity contribution in [2.45, 2.75) is 6.92 Å². The first-order valence-corrected chi connectivity index (χ1v) is 4.86. The molecule has 0 saturated carbocycles. The molecule has 0 unspecified atom stereocenters. The van der Waals surface area contributed by atoms with Crippen molar-refractivity contribution < 1.29 is 9.53 Å². The third-order valence-corrected chi connectivity index (χ3v) is 2.14. The van der Waals surface area contributed by atoms with Gasteiger partial charge < -0.3 is 4.74 Å². The van der Waals surface area contributed by atoms with E-state index in [0.717, 1.165) is 6.29 Å². The second-order valence-corrected chi connectivity index (χ2v) is 3.28. The molecule has 79 valence electrons. The highest BCUT2D eigenvalue weighted by atomic mass is 16.5. The number of hydrogen-bond donors (Lipinski definition) is 0. The minimum Gasteiger partial charge on any atom is -0.439 e. The van der Waals surface area contributed by atoms with Gasteiger partial charge in [0.15, 0.2) is 6.29 Å². The summed E-state index contributed by atoms with van der Waals surface area (Å²) in [5.41, 5.74) is 1.24. The average Bonchev–Trinajstić information content (AvgIpc) is 2.31. The van der Waals surface area contributed by atoms with Crippen LogP contribution in [0.15, 0.2) is 36.4 Å². The van der Waals surface area contributed by atoms with Crippen molar-refractivity contribution in [3.63, 3.8) is 0 Å². The lowest BCUT2D eigenvalue weighted by Crippen LogP contribution is -1.94. The molecule has 0 fully saturated rings. The van der Waals surface area contributed by atoms with Gasteiger partial charge in [-0.15, -0.1) is 0 Å². The van der Waals surface area contributed by atoms with Gasteiger partial charge in [0.2, 0.25) is 5.88 Å². The van der Waals surface area contributed by atoms with E-state index in [9.17, 15) is 4.79 Å². The molecular formula is C13H10NO2. The zero-order chi connectivity index (χ0) is 11.4. The number of benzene rings is 1. The summed E-state index contributed by atoms with van der Waals surface area (Å²) >= 11 is 0. The van der Waals surface area contributed by atoms with E-state index in [1.807, 2.05) is 0 Å². The van der Waals surface area contributed by atoms with E-state index in [-0.39, 0.29) is 0 Å². The highest BCUT2D eigenvalue weighted by Gasteiger charge is 2.02. The van der Waals surface area contributed by atoms with Gasteiger partial charge in [0, 0.05) is 11.6 Å². The normalized spacial score (nSPS) is 9.81. The molecule has 0 atom stereocenters. The second kappa shape index (κ2) is 4.57. The topological polar surface area (TPSA) is 39.2 Å². The molecule has 1 aromatic carbocycles. The Morgan fingerprint density at radius 3 is 2.62 bits per heavy atom. The number of carbonyl (C=O) groups excluding carboxylic acids is 1. The van der Waals surface area contributed by atoms with Crippen LogP contribution in [-0.2, 0) is 0 Å². The molecule has 16 heavy (non-hydrogen) atoms. The van der Waals surface area contributed by atoms with E-state index < -0.39 is 0 Å². The Morgan fingerprint density at radius 2 is 2.00 bits per heavy atom. The van der Waals surface area contributed by atoms with Crippen molar-refractivity contribution in [3.05, 3.63) is 53.7 Å². The predicted octanol–water partition coefficient (Wildman–Crippen LogP) is 2.80. The van der Waals surface area contributed by atoms with Gasteiger partial charge in [-0.2, -0.15) is 0 Å². The Morgan fingerprint density at radius 1 is 1.25 bits per heavy atom. The number of nitrogens with zero attached hydrogens (tertiary/aromatic N) is 1. The van der Waals surface area contributed by atoms with Crippen LogP contribution in [0.3, 0.4) is 0 Å². The third kappa shape index (κ3) is 2.25. The molecule has 0 aliphatic carbocycles. The maximum Gasteiger partial charge on any atom is 0.219 e. The maximum absolute atomic E-state index is 10.6. The zero-order valence-electron chi connectivity index (χ0n) is 8.81. The van der Waals surface area contributed by atoms with Crippen LogP contribution in [0.1, 0.15) is 16.1 Å². The van der Waals surface area contributed by atoms with Crippen LogP contribution in [-0.4, -0.2) is 11.3 Å². The van der Waals surface area contributed by atoms with Gasteiger partial charge in [0.05, 0.1) is 5.69 Å². The monoisotopic (exact) mass is 212 g/mol. The summed E-state index contributed by atoms with van der Waals surface area (Å²) in [4.78, 5) is 14.8. The summed E-state index contributed by atoms with van der Waals surface area (Å²) in [7, 11) is 0. The lowest BCUT2D eigenvalue weighted by atomic mass is 10.2. The molecule has 0 saturated heterocycles. The third-order valence-electron chi connectivity index (χ3n) is 2.14. The van der Waals surface area contributed by atoms with E-state index in [2.05, 4.69) is 11.1 Å². The van der Waals surface area contributed by atoms with E-state index >= 15 is 0 Å². The SMILES string of the molecule is Cc1nc(Oc2cc[c]cc2)ccc1C=O. The minimum absolute atomic E-state index is 0.481. The fraction of sp³-hybridized carbons (Fsp3) is 0.0769. The van der Waals surface area contributed by atoms with Gasteiger partial charge in [-0.1, -0.05) is 12.1 Å². The average molecular weight is 212 g/mol. The number of pyridine rings is 1. The van der Waals surface area contributed by atoms with Gasteiger partial charge in [-0.05, 0) is 31.2 Å². The summed E-state index contributed by atoms with van der Waals surface area (Å²) in [6.45, 7) is 1.77. The molecule has 1 heterocycles. The molecule has 0 amide bonds. The van der Waals surface area contributed by atoms with Crippen LogP contribution < -0.4 is 4.74 Å². The quantitative estimate of drug-likeness (QED) is 0.734. The van der Waals surface area contributed by atoms with Crippen molar-refractivity contribution in [1.82, 2.24) is 4.98 Å². The molecule has 3 nitrogen and oxygen atoms in total. The predicted molar refractivity (Wildman–Crippen MR) is 59.7 cm³/mol. The lowest BCUT2D eigenvalue weighted by molar-refractivity contribution is 0.112. The highest BCUT2D eigenvalue weighted by Crippen LogP contribution is 2.19. The standard InChI is InChI=1S/C13H10NO2/c1-10-11(9-15)7-8-13(14-10)16-12-5-3-2-4-6-12/h3-9H,1H3. The number of carbonyl (C=O) groups is 1. The molecule has 1 aromatic heterocycles. The molecule has 2 aromatic rings. The Kier molecular flexibility index (Phi) is 2.96. The van der Waals surface area contributed by atoms with Crippen LogP contribution in [0.4, 0.5) is 0 Å². The molecule has 0 spiro atoms. The summed E-state index contributed by atoms with van der Waals surface area (Å²) in [5, 5.41) is 0. The number of ether oxygens (including phenoxy) is 1. The molecule has 0 bridgehead atoms. The van der Waals surface area contributed by atoms with Crippen LogP contribution in [0, 0.1) is 13.0 Å². The molecule has 2 rings (SSSR count). The van der Waals surface area contributed by atoms with Crippen molar-refractivity contribution in [2.24, 2.45) is 0 Å². The fourth-order valence-electron chi connectivity index (χ4n) is 1.29. The van der Waals surface area contributed by atoms with Crippen molar-refractivity contribution in [3.8, 4) is 11.6 Å². The van der Waals surface area contributed by atoms with Gasteiger partial charge in [-0.3, -0.25) is 4.79 Å². The van der Waals surface area contributed by atoms with Crippen LogP contribution in [0.25, 0.3) is 0 Å². The van der Waals surface area contributed by atoms with Crippen LogP contribution >= 0.6 is 0 Å². The minimum atomic E-state index is 0.481. The summed E-state index contributed by atoms with van der Waals surface area (Å²) in [6.07, 6.45) is 0.781. The number of hydrogen-bond acceptors (Lipinski definition) is 3. The van der Waals surface area contributed by atoms with Crippen LogP contribution in [0.5, 0.6) is 11.6 Å². The number of aldehydes is 1. The lowest BCUT2D eigenvalue weighted by Gasteiger charge is -2.05. The molecule has 0 N–H and O–H groups in total. The zero-order valence-corrected chi connectivity index (χ0v) is 8.81. The number of rotatable bonds is 3. The van der Waals surface area contributed by atoms with E-state index in [1.165, 1.54) is 0 Å². The van der Waals surface area contributed by atoms with Gasteiger partial charge >= 0.3 is 0 Å². The molecule has 3 heteroatoms. The largest absolute Gasteiger partial charge is 0.439 e. The van der Waals surface area contributed by atoms with E-state index in [0.29, 0.717) is 22.9 Å². The highest BCUT2D eigenvalue weighted by molar-refractivity contribution is 5.76. The van der Waals surface area contributed by atoms with Gasteiger partial charge in [-0.25, -0.2) is 4.98 Å². The Labute approximate surface area is 93.7 Å². The molecule has 0 aliphatic rings. The van der Waals surface area contributed by atoms with Crippen molar-refractivity contribution in [2.75, 3.05) is 0 Å². The first kappa shape index (κ1) is 10.4. The van der Waals surface area contributed by atoms with Crippen molar-refractivity contribution >= 4 is 6.29 Å². The summed E-state index contributed by atoms with van der Waals surface area (Å²) < 4.78 is 5.51. The van der Waals surface area contributed by atoms with Crippen LogP contribution in [0.2, 0.25) is 0 Å². The smallest absolute Gasteiger partial charge is 0.219 e. The van der Waals surface area contributed by atoms with Gasteiger partial charge in [0.1, 0.15) is 5.75 Å². The fourth-order valence-corrected chi connectivity index (χ4v) is 1.29. The Hall–Kier alpha value is -2.16. The first-order chi connectivity index (χ1) is 7.79. The summed E-state index contributed by atoms with van der Waals surface area (Å²) in [5.74, 6) is 1.18. The molecule has 0 aliphatic heterocycles.